The molecule has 1 aliphatic heterocycles. The maximum atomic E-state index is 13.2. The van der Waals surface area contributed by atoms with Crippen LogP contribution in [0.4, 0.5) is 0 Å². The van der Waals surface area contributed by atoms with Crippen LogP contribution >= 0.6 is 23.2 Å². The fraction of sp³-hybridized carbons (Fsp3) is 0.550. The van der Waals surface area contributed by atoms with Gasteiger partial charge in [0.05, 0.1) is 5.39 Å². The molecule has 8 nitrogen and oxygen atoms in total. The Balaban J connectivity index is 1.32. The molecule has 10 heteroatoms. The number of halogens is 2. The largest absolute Gasteiger partial charge is 0.354 e. The number of amides is 2. The topological polar surface area (TPSA) is 97.2 Å². The molecule has 0 spiro atoms. The van der Waals surface area contributed by atoms with Crippen LogP contribution in [0.3, 0.4) is 0 Å². The third-order valence-corrected chi connectivity index (χ3v) is 7.22. The van der Waals surface area contributed by atoms with Crippen molar-refractivity contribution in [3.63, 3.8) is 0 Å². The summed E-state index contributed by atoms with van der Waals surface area (Å²) >= 11 is 12.1. The van der Waals surface area contributed by atoms with Crippen LogP contribution in [0.1, 0.15) is 36.7 Å². The van der Waals surface area contributed by atoms with E-state index < -0.39 is 10.4 Å². The van der Waals surface area contributed by atoms with Crippen LogP contribution in [-0.2, 0) is 16.1 Å². The van der Waals surface area contributed by atoms with Crippen LogP contribution in [-0.4, -0.2) is 60.2 Å². The molecule has 0 radical (unpaired) electrons. The molecule has 1 unspecified atom stereocenters. The van der Waals surface area contributed by atoms with Gasteiger partial charge in [-0.3, -0.25) is 14.4 Å². The van der Waals surface area contributed by atoms with E-state index in [0.717, 1.165) is 6.42 Å². The van der Waals surface area contributed by atoms with Crippen molar-refractivity contribution in [2.75, 3.05) is 6.54 Å². The average Bonchev–Trinajstić information content (AvgIpc) is 3.49. The van der Waals surface area contributed by atoms with Crippen molar-refractivity contribution in [1.82, 2.24) is 25.0 Å². The van der Waals surface area contributed by atoms with Gasteiger partial charge in [-0.2, -0.15) is 5.10 Å². The zero-order valence-corrected chi connectivity index (χ0v) is 17.9. The summed E-state index contributed by atoms with van der Waals surface area (Å²) in [5, 5.41) is 7.84. The summed E-state index contributed by atoms with van der Waals surface area (Å²) < 4.78 is 0.710. The van der Waals surface area contributed by atoms with Crippen molar-refractivity contribution in [2.24, 2.45) is 11.8 Å². The van der Waals surface area contributed by atoms with Crippen LogP contribution < -0.4 is 5.32 Å². The number of carbonyl (C=O) groups is 3. The third kappa shape index (κ3) is 3.36. The molecular formula is C20H21Cl2N5O3. The molecule has 2 aliphatic carbocycles. The van der Waals surface area contributed by atoms with Gasteiger partial charge >= 0.3 is 0 Å². The summed E-state index contributed by atoms with van der Waals surface area (Å²) in [4.78, 5) is 43.8. The number of nitrogens with zero attached hydrogens (tertiary/aromatic N) is 4. The number of aromatic nitrogens is 3. The molecule has 1 N–H and O–H groups in total. The highest BCUT2D eigenvalue weighted by Gasteiger charge is 2.56. The van der Waals surface area contributed by atoms with E-state index in [1.165, 1.54) is 11.6 Å². The quantitative estimate of drug-likeness (QED) is 0.536. The summed E-state index contributed by atoms with van der Waals surface area (Å²) in [7, 11) is 0. The maximum absolute atomic E-state index is 13.2. The van der Waals surface area contributed by atoms with Crippen molar-refractivity contribution in [3.05, 3.63) is 24.0 Å². The van der Waals surface area contributed by atoms with Gasteiger partial charge in [0.1, 0.15) is 22.6 Å². The number of nitrogens with one attached hydrogen (secondary N) is 1. The Morgan fingerprint density at radius 1 is 1.30 bits per heavy atom. The minimum atomic E-state index is -0.747. The summed E-state index contributed by atoms with van der Waals surface area (Å²) in [6.45, 7) is 1.78. The fourth-order valence-corrected chi connectivity index (χ4v) is 5.00. The minimum absolute atomic E-state index is 0.0522. The molecule has 3 fully saturated rings. The first-order valence-corrected chi connectivity index (χ1v) is 10.8. The lowest BCUT2D eigenvalue weighted by Crippen LogP contribution is -2.49. The predicted octanol–water partition coefficient (Wildman–Crippen LogP) is 1.93. The lowest BCUT2D eigenvalue weighted by molar-refractivity contribution is -0.140. The molecule has 158 valence electrons. The van der Waals surface area contributed by atoms with Crippen LogP contribution in [0.15, 0.2) is 18.3 Å². The number of pyridine rings is 1. The number of alkyl halides is 2. The van der Waals surface area contributed by atoms with Crippen LogP contribution in [0.5, 0.6) is 0 Å². The molecule has 3 heterocycles. The van der Waals surface area contributed by atoms with Gasteiger partial charge in [0, 0.05) is 31.6 Å². The molecule has 0 aromatic carbocycles. The molecule has 0 bridgehead atoms. The lowest BCUT2D eigenvalue weighted by Gasteiger charge is -2.27. The van der Waals surface area contributed by atoms with Crippen molar-refractivity contribution in [1.29, 1.82) is 0 Å². The number of piperidine rings is 1. The predicted molar refractivity (Wildman–Crippen MR) is 110 cm³/mol. The van der Waals surface area contributed by atoms with Gasteiger partial charge < -0.3 is 10.2 Å². The zero-order valence-electron chi connectivity index (χ0n) is 16.3. The monoisotopic (exact) mass is 449 g/mol. The fourth-order valence-electron chi connectivity index (χ4n) is 4.47. The second-order valence-corrected chi connectivity index (χ2v) is 10.0. The second-order valence-electron chi connectivity index (χ2n) is 8.46. The molecule has 2 aromatic heterocycles. The molecule has 1 saturated heterocycles. The van der Waals surface area contributed by atoms with Gasteiger partial charge in [-0.15, -0.1) is 23.2 Å². The highest BCUT2D eigenvalue weighted by molar-refractivity contribution is 6.50. The maximum Gasteiger partial charge on any atom is 0.245 e. The Morgan fingerprint density at radius 2 is 2.07 bits per heavy atom. The Kier molecular flexibility index (Phi) is 4.56. The number of likely N-dealkylation sites (tertiary alicyclic amines) is 1. The normalized spacial score (nSPS) is 28.3. The number of hydrogen-bond donors (Lipinski definition) is 1. The summed E-state index contributed by atoms with van der Waals surface area (Å²) in [5.74, 6) is -0.128. The van der Waals surface area contributed by atoms with Gasteiger partial charge in [0.15, 0.2) is 11.4 Å². The number of carbonyl (C=O) groups excluding carboxylic acids is 3. The van der Waals surface area contributed by atoms with Gasteiger partial charge in [-0.1, -0.05) is 0 Å². The van der Waals surface area contributed by atoms with Crippen LogP contribution in [0.25, 0.3) is 11.0 Å². The van der Waals surface area contributed by atoms with E-state index in [9.17, 15) is 14.4 Å². The lowest BCUT2D eigenvalue weighted by atomic mass is 10.1. The number of fused-ring (bicyclic) bond motifs is 2. The Hall–Kier alpha value is -2.19. The number of Topliss-reactive ketones (excluding diaryl/α,β-unsaturated/α-hetero) is 1. The molecule has 30 heavy (non-hydrogen) atoms. The molecule has 2 saturated carbocycles. The van der Waals surface area contributed by atoms with Gasteiger partial charge in [0.2, 0.25) is 11.8 Å². The highest BCUT2D eigenvalue weighted by atomic mass is 35.5. The van der Waals surface area contributed by atoms with E-state index in [1.54, 1.807) is 23.2 Å². The van der Waals surface area contributed by atoms with Crippen molar-refractivity contribution in [3.8, 4) is 0 Å². The Labute approximate surface area is 182 Å². The smallest absolute Gasteiger partial charge is 0.245 e. The van der Waals surface area contributed by atoms with E-state index in [-0.39, 0.29) is 36.1 Å². The SMILES string of the molecule is CC(=O)c1nn(CC(=O)N2[C@@H]3C[C@@H]3C[C@H]2C(=O)NCC2CC2(Cl)Cl)c2ncccc12. The van der Waals surface area contributed by atoms with Crippen molar-refractivity contribution < 1.29 is 14.4 Å². The number of hydrogen-bond acceptors (Lipinski definition) is 5. The van der Waals surface area contributed by atoms with E-state index in [2.05, 4.69) is 15.4 Å². The molecule has 5 rings (SSSR count). The molecule has 4 atom stereocenters. The molecule has 3 aliphatic rings. The van der Waals surface area contributed by atoms with E-state index in [0.29, 0.717) is 42.0 Å². The van der Waals surface area contributed by atoms with Gasteiger partial charge in [-0.25, -0.2) is 9.67 Å². The average molecular weight is 450 g/mol. The van der Waals surface area contributed by atoms with E-state index >= 15 is 0 Å². The Bertz CT molecular complexity index is 1070. The summed E-state index contributed by atoms with van der Waals surface area (Å²) in [6, 6.07) is 3.09. The second kappa shape index (κ2) is 6.92. The van der Waals surface area contributed by atoms with E-state index in [1.807, 2.05) is 0 Å². The first kappa shape index (κ1) is 19.8. The van der Waals surface area contributed by atoms with Crippen LogP contribution in [0.2, 0.25) is 0 Å². The number of ketones is 1. The van der Waals surface area contributed by atoms with Crippen molar-refractivity contribution >= 4 is 51.8 Å². The zero-order chi connectivity index (χ0) is 21.2. The van der Waals surface area contributed by atoms with Gasteiger partial charge in [0.25, 0.3) is 0 Å². The van der Waals surface area contributed by atoms with Crippen LogP contribution in [0, 0.1) is 11.8 Å². The van der Waals surface area contributed by atoms with E-state index in [4.69, 9.17) is 23.2 Å². The summed E-state index contributed by atoms with van der Waals surface area (Å²) in [6.07, 6.45) is 3.84. The molecule has 2 amide bonds. The first-order chi connectivity index (χ1) is 14.3. The first-order valence-electron chi connectivity index (χ1n) is 10.1. The third-order valence-electron chi connectivity index (χ3n) is 6.30. The standard InChI is InChI=1S/C20H21Cl2N5O3/c1-10(28)17-13-3-2-4-23-18(13)26(25-17)9-16(29)27-14-5-11(14)6-15(27)19(30)24-8-12-7-20(12,21)22/h2-4,11-12,14-15H,5-9H2,1H3,(H,24,30)/t11-,12?,14-,15+/m1/s1. The molecular weight excluding hydrogens is 429 g/mol. The number of rotatable bonds is 6. The van der Waals surface area contributed by atoms with Gasteiger partial charge in [-0.05, 0) is 37.3 Å². The highest BCUT2D eigenvalue weighted by Crippen LogP contribution is 2.53. The minimum Gasteiger partial charge on any atom is -0.354 e. The molecule has 2 aromatic rings. The van der Waals surface area contributed by atoms with Crippen molar-refractivity contribution in [2.45, 2.75) is 49.1 Å². The summed E-state index contributed by atoms with van der Waals surface area (Å²) in [5.41, 5.74) is 0.777. The Morgan fingerprint density at radius 3 is 2.77 bits per heavy atom.